The second-order valence-corrected chi connectivity index (χ2v) is 7.03. The Bertz CT molecular complexity index is 621. The van der Waals surface area contributed by atoms with Crippen LogP contribution in [0.3, 0.4) is 0 Å². The molecule has 0 aliphatic heterocycles. The monoisotopic (exact) mass is 340 g/mol. The van der Waals surface area contributed by atoms with E-state index in [1.54, 1.807) is 4.90 Å². The molecule has 2 N–H and O–H groups in total. The molecule has 19 heavy (non-hydrogen) atoms. The Labute approximate surface area is 125 Å². The van der Waals surface area contributed by atoms with Crippen LogP contribution in [0.2, 0.25) is 0 Å². The number of fused-ring (bicyclic) bond motifs is 1. The lowest BCUT2D eigenvalue weighted by Crippen LogP contribution is -2.30. The van der Waals surface area contributed by atoms with Crippen LogP contribution in [0.5, 0.6) is 0 Å². The zero-order valence-corrected chi connectivity index (χ0v) is 13.6. The van der Waals surface area contributed by atoms with Crippen molar-refractivity contribution in [3.8, 4) is 0 Å². The summed E-state index contributed by atoms with van der Waals surface area (Å²) in [6.07, 6.45) is 0. The van der Waals surface area contributed by atoms with Crippen molar-refractivity contribution in [2.45, 2.75) is 13.8 Å². The number of halogens is 1. The Morgan fingerprint density at radius 2 is 2.16 bits per heavy atom. The van der Waals surface area contributed by atoms with Crippen molar-refractivity contribution >= 4 is 48.9 Å². The number of nitrogens with two attached hydrogens (primary N) is 1. The largest absolute Gasteiger partial charge is 0.397 e. The number of rotatable bonds is 3. The average molecular weight is 341 g/mol. The van der Waals surface area contributed by atoms with Gasteiger partial charge in [-0.3, -0.25) is 4.79 Å². The van der Waals surface area contributed by atoms with Crippen LogP contribution in [-0.4, -0.2) is 24.4 Å². The van der Waals surface area contributed by atoms with E-state index in [2.05, 4.69) is 29.8 Å². The molecule has 0 spiro atoms. The first kappa shape index (κ1) is 14.3. The number of hydrogen-bond acceptors (Lipinski definition) is 3. The van der Waals surface area contributed by atoms with Crippen LogP contribution in [0.25, 0.3) is 10.1 Å². The molecule has 0 aliphatic carbocycles. The van der Waals surface area contributed by atoms with Gasteiger partial charge in [-0.2, -0.15) is 0 Å². The van der Waals surface area contributed by atoms with Crippen LogP contribution < -0.4 is 5.73 Å². The molecule has 0 aliphatic rings. The molecular weight excluding hydrogens is 324 g/mol. The summed E-state index contributed by atoms with van der Waals surface area (Å²) in [6, 6.07) is 5.89. The van der Waals surface area contributed by atoms with E-state index in [-0.39, 0.29) is 5.91 Å². The minimum absolute atomic E-state index is 0.00326. The van der Waals surface area contributed by atoms with Gasteiger partial charge in [-0.15, -0.1) is 11.3 Å². The van der Waals surface area contributed by atoms with Crippen molar-refractivity contribution in [2.24, 2.45) is 5.92 Å². The summed E-state index contributed by atoms with van der Waals surface area (Å²) in [4.78, 5) is 14.8. The van der Waals surface area contributed by atoms with E-state index >= 15 is 0 Å². The predicted molar refractivity (Wildman–Crippen MR) is 85.7 cm³/mol. The molecular formula is C14H17BrN2OS. The number of carbonyl (C=O) groups is 1. The first-order valence-corrected chi connectivity index (χ1v) is 7.74. The molecule has 0 atom stereocenters. The smallest absolute Gasteiger partial charge is 0.265 e. The maximum atomic E-state index is 12.4. The number of hydrogen-bond donors (Lipinski definition) is 1. The summed E-state index contributed by atoms with van der Waals surface area (Å²) in [6.45, 7) is 4.92. The van der Waals surface area contributed by atoms with Gasteiger partial charge in [-0.05, 0) is 18.1 Å². The maximum absolute atomic E-state index is 12.4. The normalized spacial score (nSPS) is 11.2. The lowest BCUT2D eigenvalue weighted by atomic mass is 10.2. The molecule has 2 rings (SSSR count). The highest BCUT2D eigenvalue weighted by Gasteiger charge is 2.20. The number of carbonyl (C=O) groups excluding carboxylic acids is 1. The van der Waals surface area contributed by atoms with Crippen LogP contribution in [0, 0.1) is 5.92 Å². The van der Waals surface area contributed by atoms with E-state index in [4.69, 9.17) is 5.73 Å². The Morgan fingerprint density at radius 1 is 1.47 bits per heavy atom. The minimum Gasteiger partial charge on any atom is -0.397 e. The molecule has 1 aromatic carbocycles. The second-order valence-electron chi connectivity index (χ2n) is 5.06. The Hall–Kier alpha value is -1.07. The van der Waals surface area contributed by atoms with Crippen molar-refractivity contribution in [1.82, 2.24) is 4.90 Å². The maximum Gasteiger partial charge on any atom is 0.265 e. The number of nitrogen functional groups attached to an aromatic ring is 1. The van der Waals surface area contributed by atoms with Gasteiger partial charge in [0.25, 0.3) is 5.91 Å². The average Bonchev–Trinajstić information content (AvgIpc) is 2.64. The third-order valence-corrected chi connectivity index (χ3v) is 4.52. The topological polar surface area (TPSA) is 46.3 Å². The zero-order chi connectivity index (χ0) is 14.2. The van der Waals surface area contributed by atoms with Crippen molar-refractivity contribution < 1.29 is 4.79 Å². The van der Waals surface area contributed by atoms with Gasteiger partial charge in [0.1, 0.15) is 4.88 Å². The van der Waals surface area contributed by atoms with Gasteiger partial charge in [0.05, 0.1) is 5.69 Å². The van der Waals surface area contributed by atoms with E-state index in [1.807, 2.05) is 25.2 Å². The van der Waals surface area contributed by atoms with Gasteiger partial charge >= 0.3 is 0 Å². The molecule has 0 unspecified atom stereocenters. The molecule has 102 valence electrons. The van der Waals surface area contributed by atoms with Crippen molar-refractivity contribution in [1.29, 1.82) is 0 Å². The molecule has 5 heteroatoms. The second kappa shape index (κ2) is 5.51. The van der Waals surface area contributed by atoms with E-state index in [9.17, 15) is 4.79 Å². The van der Waals surface area contributed by atoms with E-state index in [1.165, 1.54) is 11.3 Å². The Morgan fingerprint density at radius 3 is 2.79 bits per heavy atom. The highest BCUT2D eigenvalue weighted by molar-refractivity contribution is 9.10. The van der Waals surface area contributed by atoms with Crippen molar-refractivity contribution in [2.75, 3.05) is 19.3 Å². The molecule has 0 bridgehead atoms. The number of nitrogens with zero attached hydrogens (tertiary/aromatic N) is 1. The minimum atomic E-state index is 0.00326. The van der Waals surface area contributed by atoms with Gasteiger partial charge in [-0.25, -0.2) is 0 Å². The number of thiophene rings is 1. The number of anilines is 1. The van der Waals surface area contributed by atoms with Crippen LogP contribution in [-0.2, 0) is 0 Å². The van der Waals surface area contributed by atoms with Crippen molar-refractivity contribution in [3.05, 3.63) is 27.5 Å². The van der Waals surface area contributed by atoms with Gasteiger partial charge in [0.2, 0.25) is 0 Å². The molecule has 0 saturated carbocycles. The summed E-state index contributed by atoms with van der Waals surface area (Å²) in [7, 11) is 1.82. The van der Waals surface area contributed by atoms with Gasteiger partial charge < -0.3 is 10.6 Å². The third kappa shape index (κ3) is 2.92. The van der Waals surface area contributed by atoms with E-state index in [0.29, 0.717) is 16.5 Å². The number of amides is 1. The predicted octanol–water partition coefficient (Wildman–Crippen LogP) is 3.97. The fourth-order valence-corrected chi connectivity index (χ4v) is 3.72. The molecule has 2 aromatic rings. The zero-order valence-electron chi connectivity index (χ0n) is 11.2. The van der Waals surface area contributed by atoms with Gasteiger partial charge in [0, 0.05) is 28.2 Å². The third-order valence-electron chi connectivity index (χ3n) is 2.87. The van der Waals surface area contributed by atoms with Crippen molar-refractivity contribution in [3.63, 3.8) is 0 Å². The summed E-state index contributed by atoms with van der Waals surface area (Å²) in [5.74, 6) is 0.446. The summed E-state index contributed by atoms with van der Waals surface area (Å²) >= 11 is 4.89. The molecule has 0 radical (unpaired) electrons. The molecule has 3 nitrogen and oxygen atoms in total. The highest BCUT2D eigenvalue weighted by Crippen LogP contribution is 2.35. The molecule has 0 fully saturated rings. The van der Waals surface area contributed by atoms with E-state index in [0.717, 1.165) is 21.1 Å². The molecule has 1 amide bonds. The van der Waals surface area contributed by atoms with E-state index < -0.39 is 0 Å². The highest BCUT2D eigenvalue weighted by atomic mass is 79.9. The van der Waals surface area contributed by atoms with Gasteiger partial charge in [-0.1, -0.05) is 35.8 Å². The lowest BCUT2D eigenvalue weighted by molar-refractivity contribution is 0.0785. The van der Waals surface area contributed by atoms with Crippen LogP contribution in [0.1, 0.15) is 23.5 Å². The first-order chi connectivity index (χ1) is 8.90. The summed E-state index contributed by atoms with van der Waals surface area (Å²) in [5.41, 5.74) is 6.70. The Balaban J connectivity index is 2.40. The summed E-state index contributed by atoms with van der Waals surface area (Å²) in [5, 5.41) is 0.953. The summed E-state index contributed by atoms with van der Waals surface area (Å²) < 4.78 is 2.03. The SMILES string of the molecule is CC(C)CN(C)C(=O)c1sc2cc(Br)ccc2c1N. The van der Waals surface area contributed by atoms with Crippen LogP contribution in [0.15, 0.2) is 22.7 Å². The van der Waals surface area contributed by atoms with Crippen LogP contribution in [0.4, 0.5) is 5.69 Å². The van der Waals surface area contributed by atoms with Gasteiger partial charge in [0.15, 0.2) is 0 Å². The van der Waals surface area contributed by atoms with Crippen LogP contribution >= 0.6 is 27.3 Å². The quantitative estimate of drug-likeness (QED) is 0.918. The number of benzene rings is 1. The lowest BCUT2D eigenvalue weighted by Gasteiger charge is -2.18. The standard InChI is InChI=1S/C14H17BrN2OS/c1-8(2)7-17(3)14(18)13-12(16)10-5-4-9(15)6-11(10)19-13/h4-6,8H,7,16H2,1-3H3. The fraction of sp³-hybridized carbons (Fsp3) is 0.357. The molecule has 1 aromatic heterocycles. The Kier molecular flexibility index (Phi) is 4.16. The fourth-order valence-electron chi connectivity index (χ4n) is 2.05. The molecule has 1 heterocycles. The first-order valence-electron chi connectivity index (χ1n) is 6.13. The molecule has 0 saturated heterocycles.